The normalized spacial score (nSPS) is 10.3. The minimum atomic E-state index is -0.363. The Balaban J connectivity index is 2.24. The zero-order chi connectivity index (χ0) is 14.5. The maximum absolute atomic E-state index is 13.0. The molecule has 0 aliphatic heterocycles. The summed E-state index contributed by atoms with van der Waals surface area (Å²) in [5.74, 6) is -0.597. The lowest BCUT2D eigenvalue weighted by Gasteiger charge is -2.10. The summed E-state index contributed by atoms with van der Waals surface area (Å²) in [7, 11) is 0. The van der Waals surface area contributed by atoms with Crippen molar-refractivity contribution in [3.05, 3.63) is 63.9 Å². The molecule has 3 nitrogen and oxygen atoms in total. The lowest BCUT2D eigenvalue weighted by molar-refractivity contribution is 0.102. The summed E-state index contributed by atoms with van der Waals surface area (Å²) in [5, 5.41) is 2.76. The zero-order valence-corrected chi connectivity index (χ0v) is 12.3. The summed E-state index contributed by atoms with van der Waals surface area (Å²) < 4.78 is 13.5. The first-order valence-electron chi connectivity index (χ1n) is 6.16. The first kappa shape index (κ1) is 14.7. The van der Waals surface area contributed by atoms with Crippen molar-refractivity contribution in [2.24, 2.45) is 5.73 Å². The van der Waals surface area contributed by atoms with Gasteiger partial charge in [-0.3, -0.25) is 4.79 Å². The highest BCUT2D eigenvalue weighted by Crippen LogP contribution is 2.24. The second-order valence-corrected chi connectivity index (χ2v) is 5.13. The highest BCUT2D eigenvalue weighted by atomic mass is 79.9. The van der Waals surface area contributed by atoms with Crippen LogP contribution in [0.3, 0.4) is 0 Å². The third-order valence-corrected chi connectivity index (χ3v) is 3.51. The Hall–Kier alpha value is -1.72. The number of halogens is 2. The number of nitrogens with two attached hydrogens (primary N) is 1. The fraction of sp³-hybridized carbons (Fsp3) is 0.133. The van der Waals surface area contributed by atoms with E-state index in [0.29, 0.717) is 28.7 Å². The predicted octanol–water partition coefficient (Wildman–Crippen LogP) is 3.34. The highest BCUT2D eigenvalue weighted by molar-refractivity contribution is 9.10. The van der Waals surface area contributed by atoms with Crippen LogP contribution in [0.2, 0.25) is 0 Å². The molecular weight excluding hydrogens is 323 g/mol. The van der Waals surface area contributed by atoms with Crippen molar-refractivity contribution in [1.29, 1.82) is 0 Å². The number of anilines is 1. The molecule has 0 radical (unpaired) electrons. The Labute approximate surface area is 125 Å². The third kappa shape index (κ3) is 3.43. The maximum atomic E-state index is 13.0. The van der Waals surface area contributed by atoms with Gasteiger partial charge < -0.3 is 11.1 Å². The van der Waals surface area contributed by atoms with Crippen molar-refractivity contribution in [3.8, 4) is 0 Å². The molecule has 2 aromatic carbocycles. The smallest absolute Gasteiger partial charge is 0.255 e. The summed E-state index contributed by atoms with van der Waals surface area (Å²) in [6, 6.07) is 11.4. The van der Waals surface area contributed by atoms with E-state index in [1.807, 2.05) is 12.1 Å². The molecule has 0 saturated heterocycles. The number of amides is 1. The van der Waals surface area contributed by atoms with E-state index in [2.05, 4.69) is 21.2 Å². The summed E-state index contributed by atoms with van der Waals surface area (Å²) in [6.45, 7) is 0.477. The Morgan fingerprint density at radius 1 is 1.25 bits per heavy atom. The largest absolute Gasteiger partial charge is 0.330 e. The van der Waals surface area contributed by atoms with E-state index in [1.54, 1.807) is 12.1 Å². The van der Waals surface area contributed by atoms with Gasteiger partial charge in [0.25, 0.3) is 5.91 Å². The monoisotopic (exact) mass is 336 g/mol. The van der Waals surface area contributed by atoms with E-state index >= 15 is 0 Å². The Bertz CT molecular complexity index is 631. The zero-order valence-electron chi connectivity index (χ0n) is 10.7. The molecule has 2 aromatic rings. The first-order valence-corrected chi connectivity index (χ1v) is 6.95. The molecule has 0 atom stereocenters. The molecule has 20 heavy (non-hydrogen) atoms. The number of carbonyl (C=O) groups is 1. The van der Waals surface area contributed by atoms with Crippen molar-refractivity contribution in [2.75, 3.05) is 11.9 Å². The van der Waals surface area contributed by atoms with Gasteiger partial charge in [-0.25, -0.2) is 4.39 Å². The molecule has 0 fully saturated rings. The Morgan fingerprint density at radius 3 is 2.70 bits per heavy atom. The van der Waals surface area contributed by atoms with Crippen molar-refractivity contribution < 1.29 is 9.18 Å². The molecule has 0 saturated carbocycles. The van der Waals surface area contributed by atoms with Crippen molar-refractivity contribution in [2.45, 2.75) is 6.42 Å². The van der Waals surface area contributed by atoms with Crippen molar-refractivity contribution >= 4 is 27.5 Å². The summed E-state index contributed by atoms with van der Waals surface area (Å²) in [5.41, 5.74) is 7.54. The summed E-state index contributed by atoms with van der Waals surface area (Å²) in [4.78, 5) is 12.3. The average Bonchev–Trinajstić information content (AvgIpc) is 2.43. The molecule has 0 aliphatic carbocycles. The minimum absolute atomic E-state index is 0.235. The van der Waals surface area contributed by atoms with Gasteiger partial charge in [-0.05, 0) is 58.7 Å². The average molecular weight is 337 g/mol. The lowest BCUT2D eigenvalue weighted by Crippen LogP contribution is -2.16. The van der Waals surface area contributed by atoms with Crippen LogP contribution in [0.1, 0.15) is 15.9 Å². The van der Waals surface area contributed by atoms with Gasteiger partial charge in [0.15, 0.2) is 0 Å². The summed E-state index contributed by atoms with van der Waals surface area (Å²) in [6.07, 6.45) is 0.633. The number of hydrogen-bond donors (Lipinski definition) is 2. The van der Waals surface area contributed by atoms with Crippen LogP contribution < -0.4 is 11.1 Å². The predicted molar refractivity (Wildman–Crippen MR) is 81.3 cm³/mol. The van der Waals surface area contributed by atoms with Crippen LogP contribution in [0.15, 0.2) is 46.9 Å². The molecule has 0 aliphatic rings. The second kappa shape index (κ2) is 6.63. The van der Waals surface area contributed by atoms with E-state index in [4.69, 9.17) is 5.73 Å². The molecule has 0 unspecified atom stereocenters. The molecule has 5 heteroatoms. The van der Waals surface area contributed by atoms with Crippen LogP contribution in [0.25, 0.3) is 0 Å². The molecule has 1 amide bonds. The van der Waals surface area contributed by atoms with Gasteiger partial charge in [-0.2, -0.15) is 0 Å². The van der Waals surface area contributed by atoms with Crippen LogP contribution in [0.4, 0.5) is 10.1 Å². The van der Waals surface area contributed by atoms with Crippen molar-refractivity contribution in [1.82, 2.24) is 0 Å². The molecule has 0 heterocycles. The quantitative estimate of drug-likeness (QED) is 0.899. The molecule has 0 spiro atoms. The van der Waals surface area contributed by atoms with Gasteiger partial charge in [0.1, 0.15) is 5.82 Å². The fourth-order valence-corrected chi connectivity index (χ4v) is 2.35. The van der Waals surface area contributed by atoms with Crippen LogP contribution in [0, 0.1) is 5.82 Å². The molecule has 2 rings (SSSR count). The number of nitrogens with one attached hydrogen (secondary N) is 1. The van der Waals surface area contributed by atoms with Crippen LogP contribution in [-0.4, -0.2) is 12.5 Å². The van der Waals surface area contributed by atoms with E-state index in [-0.39, 0.29) is 11.7 Å². The van der Waals surface area contributed by atoms with Crippen LogP contribution in [-0.2, 0) is 6.42 Å². The molecule has 0 bridgehead atoms. The van der Waals surface area contributed by atoms with E-state index in [9.17, 15) is 9.18 Å². The van der Waals surface area contributed by atoms with E-state index < -0.39 is 0 Å². The van der Waals surface area contributed by atoms with Gasteiger partial charge in [-0.1, -0.05) is 18.2 Å². The van der Waals surface area contributed by atoms with Crippen LogP contribution >= 0.6 is 15.9 Å². The van der Waals surface area contributed by atoms with Crippen molar-refractivity contribution in [3.63, 3.8) is 0 Å². The highest BCUT2D eigenvalue weighted by Gasteiger charge is 2.12. The molecule has 3 N–H and O–H groups in total. The van der Waals surface area contributed by atoms with E-state index in [0.717, 1.165) is 5.56 Å². The van der Waals surface area contributed by atoms with Gasteiger partial charge in [0.05, 0.1) is 5.69 Å². The molecule has 0 aromatic heterocycles. The Morgan fingerprint density at radius 2 is 2.00 bits per heavy atom. The topological polar surface area (TPSA) is 55.1 Å². The Kier molecular flexibility index (Phi) is 4.87. The number of carbonyl (C=O) groups excluding carboxylic acids is 1. The third-order valence-electron chi connectivity index (χ3n) is 2.85. The van der Waals surface area contributed by atoms with E-state index in [1.165, 1.54) is 18.2 Å². The van der Waals surface area contributed by atoms with Gasteiger partial charge in [0.2, 0.25) is 0 Å². The van der Waals surface area contributed by atoms with Gasteiger partial charge in [0, 0.05) is 10.0 Å². The maximum Gasteiger partial charge on any atom is 0.255 e. The second-order valence-electron chi connectivity index (χ2n) is 4.27. The molecule has 104 valence electrons. The van der Waals surface area contributed by atoms with Crippen LogP contribution in [0.5, 0.6) is 0 Å². The minimum Gasteiger partial charge on any atom is -0.330 e. The fourth-order valence-electron chi connectivity index (χ4n) is 1.90. The standard InChI is InChI=1S/C15H14BrFN2O/c16-13-9-11(17)5-6-14(13)19-15(20)12-4-2-1-3-10(12)7-8-18/h1-6,9H,7-8,18H2,(H,19,20). The number of hydrogen-bond acceptors (Lipinski definition) is 2. The number of benzene rings is 2. The SMILES string of the molecule is NCCc1ccccc1C(=O)Nc1ccc(F)cc1Br. The van der Waals surface area contributed by atoms with Gasteiger partial charge >= 0.3 is 0 Å². The first-order chi connectivity index (χ1) is 9.61. The molecular formula is C15H14BrFN2O. The summed E-state index contributed by atoms with van der Waals surface area (Å²) >= 11 is 3.22. The van der Waals surface area contributed by atoms with Gasteiger partial charge in [-0.15, -0.1) is 0 Å². The number of rotatable bonds is 4. The lowest BCUT2D eigenvalue weighted by atomic mass is 10.0.